The zero-order chi connectivity index (χ0) is 41.7. The molecule has 2 nitrogen and oxygen atoms in total. The molecule has 0 fully saturated rings. The zero-order valence-electron chi connectivity index (χ0n) is 34.3. The molecule has 0 atom stereocenters. The fraction of sp³-hybridized carbons (Fsp3) is 0. The van der Waals surface area contributed by atoms with E-state index < -0.39 is 0 Å². The summed E-state index contributed by atoms with van der Waals surface area (Å²) in [5.74, 6) is 0. The SMILES string of the molecule is c1ccc(-c2cc(-c3ccccc3)cc(N(c3cccc4c3oc3cc(-c5ccccc5)ccc34)c3ccc(-c4ccccc4)c4sc5cc(-c6ccccc6)ccc5c34)c2)cc1. The molecule has 0 radical (unpaired) electrons. The number of para-hydroxylation sites is 1. The van der Waals surface area contributed by atoms with E-state index in [0.29, 0.717) is 0 Å². The van der Waals surface area contributed by atoms with Crippen LogP contribution in [0.2, 0.25) is 0 Å². The molecule has 0 unspecified atom stereocenters. The van der Waals surface area contributed by atoms with E-state index in [1.165, 1.54) is 42.4 Å². The van der Waals surface area contributed by atoms with Crippen LogP contribution in [0, 0.1) is 0 Å². The highest BCUT2D eigenvalue weighted by Crippen LogP contribution is 2.51. The Bertz CT molecular complexity index is 3540. The number of anilines is 3. The van der Waals surface area contributed by atoms with E-state index in [2.05, 4.69) is 241 Å². The Balaban J connectivity index is 1.17. The predicted molar refractivity (Wildman–Crippen MR) is 268 cm³/mol. The van der Waals surface area contributed by atoms with Gasteiger partial charge in [0.25, 0.3) is 0 Å². The Hall–Kier alpha value is -7.98. The highest BCUT2D eigenvalue weighted by atomic mass is 32.1. The van der Waals surface area contributed by atoms with Crippen LogP contribution in [0.25, 0.3) is 97.7 Å². The summed E-state index contributed by atoms with van der Waals surface area (Å²) in [7, 11) is 0. The minimum absolute atomic E-state index is 0.843. The molecule has 0 spiro atoms. The van der Waals surface area contributed by atoms with E-state index >= 15 is 0 Å². The van der Waals surface area contributed by atoms with Crippen molar-refractivity contribution in [2.45, 2.75) is 0 Å². The number of benzene rings is 10. The zero-order valence-corrected chi connectivity index (χ0v) is 35.1. The van der Waals surface area contributed by atoms with Crippen LogP contribution in [-0.4, -0.2) is 0 Å². The minimum Gasteiger partial charge on any atom is -0.454 e. The first kappa shape index (κ1) is 36.8. The molecule has 0 saturated carbocycles. The maximum atomic E-state index is 7.10. The van der Waals surface area contributed by atoms with Gasteiger partial charge in [0.2, 0.25) is 0 Å². The van der Waals surface area contributed by atoms with Crippen molar-refractivity contribution in [3.8, 4) is 55.6 Å². The molecule has 0 aliphatic heterocycles. The van der Waals surface area contributed by atoms with Crippen LogP contribution in [0.15, 0.2) is 241 Å². The van der Waals surface area contributed by atoms with Crippen LogP contribution in [0.3, 0.4) is 0 Å². The van der Waals surface area contributed by atoms with Crippen LogP contribution >= 0.6 is 11.3 Å². The fourth-order valence-corrected chi connectivity index (χ4v) is 10.5. The Morgan fingerprint density at radius 3 is 1.44 bits per heavy atom. The van der Waals surface area contributed by atoms with Crippen LogP contribution in [0.4, 0.5) is 17.1 Å². The molecule has 2 aromatic heterocycles. The van der Waals surface area contributed by atoms with Gasteiger partial charge in [-0.1, -0.05) is 188 Å². The predicted octanol–water partition coefficient (Wildman–Crippen LogP) is 17.8. The summed E-state index contributed by atoms with van der Waals surface area (Å²) in [6.45, 7) is 0. The van der Waals surface area contributed by atoms with Crippen LogP contribution in [0.1, 0.15) is 0 Å². The second-order valence-corrected chi connectivity index (χ2v) is 17.1. The molecule has 296 valence electrons. The molecule has 0 bridgehead atoms. The van der Waals surface area contributed by atoms with Gasteiger partial charge in [-0.3, -0.25) is 0 Å². The summed E-state index contributed by atoms with van der Waals surface area (Å²) in [5, 5.41) is 4.60. The average Bonchev–Trinajstić information content (AvgIpc) is 3.94. The number of nitrogens with zero attached hydrogens (tertiary/aromatic N) is 1. The van der Waals surface area contributed by atoms with Gasteiger partial charge in [0.05, 0.1) is 11.4 Å². The third kappa shape index (κ3) is 6.58. The summed E-state index contributed by atoms with van der Waals surface area (Å²) in [5.41, 5.74) is 16.5. The van der Waals surface area contributed by atoms with Gasteiger partial charge in [0.15, 0.2) is 5.58 Å². The first-order valence-corrected chi connectivity index (χ1v) is 22.2. The van der Waals surface area contributed by atoms with Crippen molar-refractivity contribution in [3.63, 3.8) is 0 Å². The third-order valence-corrected chi connectivity index (χ3v) is 13.4. The Labute approximate surface area is 370 Å². The van der Waals surface area contributed by atoms with Crippen molar-refractivity contribution < 1.29 is 4.42 Å². The second kappa shape index (κ2) is 15.5. The van der Waals surface area contributed by atoms with E-state index in [-0.39, 0.29) is 0 Å². The van der Waals surface area contributed by atoms with E-state index in [0.717, 1.165) is 72.4 Å². The number of fused-ring (bicyclic) bond motifs is 6. The largest absolute Gasteiger partial charge is 0.454 e. The Kier molecular flexibility index (Phi) is 9.06. The van der Waals surface area contributed by atoms with Crippen LogP contribution in [-0.2, 0) is 0 Å². The monoisotopic (exact) mass is 821 g/mol. The molecule has 0 saturated heterocycles. The van der Waals surface area contributed by atoms with Crippen LogP contribution < -0.4 is 4.90 Å². The molecular weight excluding hydrogens is 783 g/mol. The molecule has 2 heterocycles. The van der Waals surface area contributed by atoms with Gasteiger partial charge in [-0.2, -0.15) is 0 Å². The molecule has 0 aliphatic carbocycles. The quantitative estimate of drug-likeness (QED) is 0.152. The molecule has 12 rings (SSSR count). The first-order valence-electron chi connectivity index (χ1n) is 21.4. The lowest BCUT2D eigenvalue weighted by Crippen LogP contribution is -2.11. The van der Waals surface area contributed by atoms with Crippen molar-refractivity contribution >= 4 is 70.5 Å². The van der Waals surface area contributed by atoms with E-state index in [4.69, 9.17) is 4.42 Å². The van der Waals surface area contributed by atoms with E-state index in [1.807, 2.05) is 11.3 Å². The Morgan fingerprint density at radius 1 is 0.333 bits per heavy atom. The maximum absolute atomic E-state index is 7.10. The third-order valence-electron chi connectivity index (χ3n) is 12.2. The molecule has 0 aliphatic rings. The van der Waals surface area contributed by atoms with E-state index in [1.54, 1.807) is 0 Å². The number of furan rings is 1. The number of thiophene rings is 1. The summed E-state index contributed by atoms with van der Waals surface area (Å²) >= 11 is 1.87. The van der Waals surface area contributed by atoms with Gasteiger partial charge in [-0.15, -0.1) is 11.3 Å². The van der Waals surface area contributed by atoms with Crippen LogP contribution in [0.5, 0.6) is 0 Å². The lowest BCUT2D eigenvalue weighted by molar-refractivity contribution is 0.669. The molecule has 3 heteroatoms. The summed E-state index contributed by atoms with van der Waals surface area (Å²) in [6, 6.07) is 85.3. The normalized spacial score (nSPS) is 11.5. The summed E-state index contributed by atoms with van der Waals surface area (Å²) < 4.78 is 9.59. The fourth-order valence-electron chi connectivity index (χ4n) is 9.22. The van der Waals surface area contributed by atoms with Gasteiger partial charge in [-0.25, -0.2) is 0 Å². The van der Waals surface area contributed by atoms with Gasteiger partial charge in [-0.05, 0) is 104 Å². The molecule has 0 N–H and O–H groups in total. The molecule has 0 amide bonds. The first-order chi connectivity index (χ1) is 31.2. The lowest BCUT2D eigenvalue weighted by Gasteiger charge is -2.28. The molecule has 10 aromatic carbocycles. The summed E-state index contributed by atoms with van der Waals surface area (Å²) in [6.07, 6.45) is 0. The van der Waals surface area contributed by atoms with Crippen molar-refractivity contribution in [1.82, 2.24) is 0 Å². The minimum atomic E-state index is 0.843. The van der Waals surface area contributed by atoms with Crippen molar-refractivity contribution in [3.05, 3.63) is 237 Å². The molecule has 63 heavy (non-hydrogen) atoms. The Morgan fingerprint density at radius 2 is 0.857 bits per heavy atom. The summed E-state index contributed by atoms with van der Waals surface area (Å²) in [4.78, 5) is 2.45. The topological polar surface area (TPSA) is 16.4 Å². The van der Waals surface area contributed by atoms with Crippen molar-refractivity contribution in [1.29, 1.82) is 0 Å². The molecular formula is C60H39NOS. The number of hydrogen-bond donors (Lipinski definition) is 0. The van der Waals surface area contributed by atoms with Crippen molar-refractivity contribution in [2.75, 3.05) is 4.90 Å². The maximum Gasteiger partial charge on any atom is 0.159 e. The van der Waals surface area contributed by atoms with Gasteiger partial charge < -0.3 is 9.32 Å². The number of hydrogen-bond acceptors (Lipinski definition) is 3. The number of rotatable bonds is 8. The smallest absolute Gasteiger partial charge is 0.159 e. The average molecular weight is 822 g/mol. The van der Waals surface area contributed by atoms with E-state index in [9.17, 15) is 0 Å². The van der Waals surface area contributed by atoms with Gasteiger partial charge in [0, 0.05) is 36.6 Å². The highest BCUT2D eigenvalue weighted by molar-refractivity contribution is 7.26. The van der Waals surface area contributed by atoms with Gasteiger partial charge >= 0.3 is 0 Å². The lowest BCUT2D eigenvalue weighted by atomic mass is 9.96. The van der Waals surface area contributed by atoms with Crippen molar-refractivity contribution in [2.24, 2.45) is 0 Å². The second-order valence-electron chi connectivity index (χ2n) is 16.1. The standard InChI is InChI=1S/C60H39NOS/c1-6-17-40(18-7-1)45-29-31-51-52-27-16-28-55(59(52)62-56(51)38-45)61(49-36-47(42-21-10-3-11-22-42)35-48(37-49)43-23-12-4-13-24-43)54-34-33-50(44-25-14-5-15-26-44)60-58(54)53-32-30-46(39-57(53)63-60)41-19-8-2-9-20-41/h1-39H. The van der Waals surface area contributed by atoms with Gasteiger partial charge in [0.1, 0.15) is 5.58 Å². The molecule has 12 aromatic rings. The highest BCUT2D eigenvalue weighted by Gasteiger charge is 2.25.